The first-order valence-corrected chi connectivity index (χ1v) is 10.6. The molecule has 0 radical (unpaired) electrons. The van der Waals surface area contributed by atoms with Gasteiger partial charge in [0.05, 0.1) is 34.9 Å². The largest absolute Gasteiger partial charge is 0.452 e. The summed E-state index contributed by atoms with van der Waals surface area (Å²) in [7, 11) is 0. The lowest BCUT2D eigenvalue weighted by molar-refractivity contribution is -0.121. The van der Waals surface area contributed by atoms with E-state index in [0.29, 0.717) is 22.5 Å². The fraction of sp³-hybridized carbons (Fsp3) is 0.115. The van der Waals surface area contributed by atoms with Crippen LogP contribution >= 0.6 is 0 Å². The van der Waals surface area contributed by atoms with Crippen LogP contribution in [0.2, 0.25) is 0 Å². The second-order valence-corrected chi connectivity index (χ2v) is 7.54. The fourth-order valence-corrected chi connectivity index (χ4v) is 3.64. The topological polar surface area (TPSA) is 108 Å². The Morgan fingerprint density at radius 3 is 2.09 bits per heavy atom. The van der Waals surface area contributed by atoms with Crippen molar-refractivity contribution >= 4 is 35.1 Å². The molecule has 0 unspecified atom stereocenters. The summed E-state index contributed by atoms with van der Waals surface area (Å²) >= 11 is 0. The predicted octanol–water partition coefficient (Wildman–Crippen LogP) is 3.73. The van der Waals surface area contributed by atoms with E-state index in [1.54, 1.807) is 24.3 Å². The number of anilines is 2. The minimum Gasteiger partial charge on any atom is -0.452 e. The van der Waals surface area contributed by atoms with Gasteiger partial charge >= 0.3 is 5.97 Å². The monoisotopic (exact) mass is 471 g/mol. The Kier molecular flexibility index (Phi) is 6.64. The van der Waals surface area contributed by atoms with Crippen molar-refractivity contribution in [3.05, 3.63) is 95.3 Å². The van der Waals surface area contributed by atoms with E-state index >= 15 is 0 Å². The Hall–Kier alpha value is -4.84. The van der Waals surface area contributed by atoms with E-state index in [2.05, 4.69) is 0 Å². The Labute approximate surface area is 199 Å². The predicted molar refractivity (Wildman–Crippen MR) is 123 cm³/mol. The van der Waals surface area contributed by atoms with Gasteiger partial charge in [-0.05, 0) is 60.7 Å². The van der Waals surface area contributed by atoms with Gasteiger partial charge in [-0.25, -0.2) is 14.1 Å². The van der Waals surface area contributed by atoms with Crippen molar-refractivity contribution in [3.8, 4) is 6.07 Å². The maximum atomic E-state index is 13.2. The number of hydrogen-bond acceptors (Lipinski definition) is 6. The summed E-state index contributed by atoms with van der Waals surface area (Å²) in [6.45, 7) is -0.546. The van der Waals surface area contributed by atoms with E-state index < -0.39 is 36.1 Å². The van der Waals surface area contributed by atoms with Gasteiger partial charge in [0.1, 0.15) is 5.82 Å². The van der Waals surface area contributed by atoms with Crippen molar-refractivity contribution < 1.29 is 28.3 Å². The summed E-state index contributed by atoms with van der Waals surface area (Å²) in [6.07, 6.45) is 0.0380. The highest BCUT2D eigenvalue weighted by Crippen LogP contribution is 2.28. The van der Waals surface area contributed by atoms with Gasteiger partial charge in [-0.1, -0.05) is 12.1 Å². The van der Waals surface area contributed by atoms with E-state index in [1.807, 2.05) is 6.07 Å². The quantitative estimate of drug-likeness (QED) is 0.384. The Morgan fingerprint density at radius 1 is 0.914 bits per heavy atom. The number of esters is 1. The molecule has 0 bridgehead atoms. The van der Waals surface area contributed by atoms with Gasteiger partial charge in [0.2, 0.25) is 0 Å². The zero-order valence-corrected chi connectivity index (χ0v) is 18.3. The first-order valence-electron chi connectivity index (χ1n) is 10.6. The molecule has 4 rings (SSSR count). The molecule has 0 fully saturated rings. The summed E-state index contributed by atoms with van der Waals surface area (Å²) in [5.41, 5.74) is 1.39. The zero-order chi connectivity index (χ0) is 24.9. The molecule has 35 heavy (non-hydrogen) atoms. The first kappa shape index (κ1) is 23.3. The number of amides is 3. The molecule has 0 N–H and O–H groups in total. The molecule has 0 aliphatic carbocycles. The molecule has 1 aliphatic rings. The van der Waals surface area contributed by atoms with E-state index in [1.165, 1.54) is 53.4 Å². The van der Waals surface area contributed by atoms with Crippen LogP contribution in [0.15, 0.2) is 72.8 Å². The SMILES string of the molecule is N#CCCN(C(=O)COC(=O)c1ccc(N2C(=O)c3ccccc3C2=O)cc1)c1ccc(F)cc1. The molecule has 174 valence electrons. The van der Waals surface area contributed by atoms with E-state index in [0.717, 1.165) is 4.90 Å². The van der Waals surface area contributed by atoms with Gasteiger partial charge in [0, 0.05) is 12.2 Å². The average Bonchev–Trinajstić information content (AvgIpc) is 3.13. The maximum absolute atomic E-state index is 13.2. The van der Waals surface area contributed by atoms with Crippen molar-refractivity contribution in [3.63, 3.8) is 0 Å². The molecule has 1 aliphatic heterocycles. The van der Waals surface area contributed by atoms with Gasteiger partial charge < -0.3 is 9.64 Å². The number of nitriles is 1. The zero-order valence-electron chi connectivity index (χ0n) is 18.3. The number of benzene rings is 3. The standard InChI is InChI=1S/C26H18FN3O5/c27-18-8-12-19(13-9-18)29(15-3-14-28)23(31)16-35-26(34)17-6-10-20(11-7-17)30-24(32)21-4-1-2-5-22(21)25(30)33/h1-2,4-13H,3,15-16H2. The number of hydrogen-bond donors (Lipinski definition) is 0. The van der Waals surface area contributed by atoms with Gasteiger partial charge in [-0.15, -0.1) is 0 Å². The summed E-state index contributed by atoms with van der Waals surface area (Å²) in [5, 5.41) is 8.86. The Morgan fingerprint density at radius 2 is 1.51 bits per heavy atom. The summed E-state index contributed by atoms with van der Waals surface area (Å²) in [5.74, 6) is -2.75. The van der Waals surface area contributed by atoms with Crippen molar-refractivity contribution in [1.29, 1.82) is 5.26 Å². The Balaban J connectivity index is 1.42. The summed E-state index contributed by atoms with van der Waals surface area (Å²) < 4.78 is 18.3. The van der Waals surface area contributed by atoms with Crippen molar-refractivity contribution in [2.24, 2.45) is 0 Å². The highest BCUT2D eigenvalue weighted by Gasteiger charge is 2.36. The third-order valence-corrected chi connectivity index (χ3v) is 5.37. The van der Waals surface area contributed by atoms with Crippen molar-refractivity contribution in [2.75, 3.05) is 23.0 Å². The van der Waals surface area contributed by atoms with Crippen LogP contribution in [0, 0.1) is 17.1 Å². The molecule has 3 aromatic carbocycles. The third-order valence-electron chi connectivity index (χ3n) is 5.37. The minimum atomic E-state index is -0.786. The number of ether oxygens (including phenoxy) is 1. The normalized spacial score (nSPS) is 12.2. The number of carbonyl (C=O) groups excluding carboxylic acids is 4. The molecule has 0 spiro atoms. The van der Waals surface area contributed by atoms with Crippen molar-refractivity contribution in [2.45, 2.75) is 6.42 Å². The maximum Gasteiger partial charge on any atom is 0.338 e. The third kappa shape index (κ3) is 4.77. The highest BCUT2D eigenvalue weighted by atomic mass is 19.1. The number of fused-ring (bicyclic) bond motifs is 1. The molecule has 9 heteroatoms. The van der Waals surface area contributed by atoms with Crippen molar-refractivity contribution in [1.82, 2.24) is 0 Å². The molecule has 8 nitrogen and oxygen atoms in total. The van der Waals surface area contributed by atoms with Gasteiger partial charge in [0.15, 0.2) is 6.61 Å². The van der Waals surface area contributed by atoms with Crippen LogP contribution in [-0.4, -0.2) is 36.8 Å². The van der Waals surface area contributed by atoms with Crippen LogP contribution in [0.25, 0.3) is 0 Å². The first-order chi connectivity index (χ1) is 16.9. The molecule has 3 amide bonds. The lowest BCUT2D eigenvalue weighted by atomic mass is 10.1. The lowest BCUT2D eigenvalue weighted by Crippen LogP contribution is -2.35. The summed E-state index contributed by atoms with van der Waals surface area (Å²) in [6, 6.07) is 19.2. The molecular weight excluding hydrogens is 453 g/mol. The molecule has 3 aromatic rings. The average molecular weight is 471 g/mol. The fourth-order valence-electron chi connectivity index (χ4n) is 3.64. The number of halogens is 1. The lowest BCUT2D eigenvalue weighted by Gasteiger charge is -2.21. The second kappa shape index (κ2) is 9.97. The molecule has 1 heterocycles. The van der Waals surface area contributed by atoms with Crippen LogP contribution in [0.4, 0.5) is 15.8 Å². The number of nitrogens with zero attached hydrogens (tertiary/aromatic N) is 3. The van der Waals surface area contributed by atoms with Gasteiger partial charge in [-0.3, -0.25) is 14.4 Å². The van der Waals surface area contributed by atoms with Crippen LogP contribution in [0.5, 0.6) is 0 Å². The smallest absolute Gasteiger partial charge is 0.338 e. The summed E-state index contributed by atoms with van der Waals surface area (Å²) in [4.78, 5) is 52.6. The molecule has 0 saturated heterocycles. The molecular formula is C26H18FN3O5. The van der Waals surface area contributed by atoms with Gasteiger partial charge in [-0.2, -0.15) is 5.26 Å². The van der Waals surface area contributed by atoms with Crippen LogP contribution < -0.4 is 9.80 Å². The van der Waals surface area contributed by atoms with Crippen LogP contribution in [0.3, 0.4) is 0 Å². The number of imide groups is 1. The molecule has 0 atom stereocenters. The molecule has 0 saturated carbocycles. The van der Waals surface area contributed by atoms with E-state index in [-0.39, 0.29) is 18.5 Å². The minimum absolute atomic E-state index is 0.0380. The van der Waals surface area contributed by atoms with Crippen LogP contribution in [-0.2, 0) is 9.53 Å². The van der Waals surface area contributed by atoms with E-state index in [4.69, 9.17) is 10.00 Å². The molecule has 0 aromatic heterocycles. The van der Waals surface area contributed by atoms with E-state index in [9.17, 15) is 23.6 Å². The van der Waals surface area contributed by atoms with Crippen LogP contribution in [0.1, 0.15) is 37.5 Å². The number of carbonyl (C=O) groups is 4. The number of rotatable bonds is 7. The second-order valence-electron chi connectivity index (χ2n) is 7.54. The Bertz CT molecular complexity index is 1310. The van der Waals surface area contributed by atoms with Gasteiger partial charge in [0.25, 0.3) is 17.7 Å². The highest BCUT2D eigenvalue weighted by molar-refractivity contribution is 6.34.